The predicted molar refractivity (Wildman–Crippen MR) is 84.4 cm³/mol. The summed E-state index contributed by atoms with van der Waals surface area (Å²) in [6.45, 7) is -0.156. The van der Waals surface area contributed by atoms with Crippen LogP contribution < -0.4 is 5.32 Å². The van der Waals surface area contributed by atoms with Gasteiger partial charge in [0.05, 0.1) is 5.56 Å². The minimum absolute atomic E-state index is 0.00445. The quantitative estimate of drug-likeness (QED) is 0.769. The van der Waals surface area contributed by atoms with E-state index in [9.17, 15) is 9.18 Å². The molecule has 0 atom stereocenters. The Morgan fingerprint density at radius 3 is 2.43 bits per heavy atom. The summed E-state index contributed by atoms with van der Waals surface area (Å²) in [5.74, 6) is 0.0446. The first-order valence-corrected chi connectivity index (χ1v) is 7.03. The summed E-state index contributed by atoms with van der Waals surface area (Å²) in [7, 11) is 0. The number of amides is 1. The summed E-state index contributed by atoms with van der Waals surface area (Å²) >= 11 is 0. The smallest absolute Gasteiger partial charge is 0.258 e. The van der Waals surface area contributed by atoms with Gasteiger partial charge in [0.1, 0.15) is 23.9 Å². The van der Waals surface area contributed by atoms with Crippen molar-refractivity contribution >= 4 is 11.6 Å². The highest BCUT2D eigenvalue weighted by Gasteiger charge is 2.11. The second-order valence-electron chi connectivity index (χ2n) is 4.94. The third-order valence-corrected chi connectivity index (χ3v) is 3.36. The van der Waals surface area contributed by atoms with Crippen molar-refractivity contribution in [3.05, 3.63) is 77.8 Å². The first-order valence-electron chi connectivity index (χ1n) is 7.03. The average molecular weight is 311 g/mol. The fourth-order valence-corrected chi connectivity index (χ4v) is 2.18. The predicted octanol–water partition coefficient (Wildman–Crippen LogP) is 3.83. The van der Waals surface area contributed by atoms with Crippen molar-refractivity contribution < 1.29 is 18.7 Å². The molecule has 0 radical (unpaired) electrons. The first-order chi connectivity index (χ1) is 11.2. The zero-order valence-electron chi connectivity index (χ0n) is 12.1. The summed E-state index contributed by atoms with van der Waals surface area (Å²) in [5.41, 5.74) is 1.36. The number of aliphatic hydroxyl groups is 1. The van der Waals surface area contributed by atoms with Gasteiger partial charge in [0.2, 0.25) is 0 Å². The molecule has 3 rings (SSSR count). The second-order valence-corrected chi connectivity index (χ2v) is 4.94. The molecule has 3 aromatic rings. The highest BCUT2D eigenvalue weighted by Crippen LogP contribution is 2.24. The lowest BCUT2D eigenvalue weighted by Crippen LogP contribution is -2.13. The summed E-state index contributed by atoms with van der Waals surface area (Å²) in [6.07, 6.45) is 0. The molecule has 4 nitrogen and oxygen atoms in total. The van der Waals surface area contributed by atoms with E-state index < -0.39 is 11.7 Å². The Morgan fingerprint density at radius 1 is 1.04 bits per heavy atom. The molecule has 116 valence electrons. The molecule has 0 aliphatic rings. The number of carbonyl (C=O) groups excluding carboxylic acids is 1. The van der Waals surface area contributed by atoms with E-state index in [0.717, 1.165) is 5.56 Å². The summed E-state index contributed by atoms with van der Waals surface area (Å²) in [6, 6.07) is 16.2. The van der Waals surface area contributed by atoms with Crippen LogP contribution >= 0.6 is 0 Å². The topological polar surface area (TPSA) is 62.5 Å². The summed E-state index contributed by atoms with van der Waals surface area (Å²) in [4.78, 5) is 12.0. The van der Waals surface area contributed by atoms with E-state index in [1.807, 2.05) is 0 Å². The lowest BCUT2D eigenvalue weighted by atomic mass is 10.1. The maximum absolute atomic E-state index is 13.6. The zero-order valence-corrected chi connectivity index (χ0v) is 12.1. The van der Waals surface area contributed by atoms with Crippen LogP contribution in [0.5, 0.6) is 0 Å². The molecule has 1 aromatic heterocycles. The highest BCUT2D eigenvalue weighted by atomic mass is 19.1. The van der Waals surface area contributed by atoms with Crippen molar-refractivity contribution in [1.82, 2.24) is 0 Å². The van der Waals surface area contributed by atoms with E-state index in [0.29, 0.717) is 17.2 Å². The van der Waals surface area contributed by atoms with Crippen molar-refractivity contribution in [1.29, 1.82) is 0 Å². The van der Waals surface area contributed by atoms with Gasteiger partial charge in [0.25, 0.3) is 5.91 Å². The molecule has 5 heteroatoms. The van der Waals surface area contributed by atoms with Crippen LogP contribution in [0.3, 0.4) is 0 Å². The molecule has 0 unspecified atom stereocenters. The van der Waals surface area contributed by atoms with Gasteiger partial charge in [-0.25, -0.2) is 4.39 Å². The van der Waals surface area contributed by atoms with Crippen LogP contribution in [-0.2, 0) is 6.61 Å². The molecular weight excluding hydrogens is 297 g/mol. The summed E-state index contributed by atoms with van der Waals surface area (Å²) in [5, 5.41) is 11.6. The number of halogens is 1. The van der Waals surface area contributed by atoms with Crippen LogP contribution in [0.25, 0.3) is 11.3 Å². The number of anilines is 1. The third kappa shape index (κ3) is 3.30. The van der Waals surface area contributed by atoms with Gasteiger partial charge in [0.15, 0.2) is 0 Å². The van der Waals surface area contributed by atoms with E-state index >= 15 is 0 Å². The van der Waals surface area contributed by atoms with Crippen LogP contribution in [0.15, 0.2) is 65.1 Å². The number of furan rings is 1. The Hall–Kier alpha value is -2.92. The van der Waals surface area contributed by atoms with E-state index in [4.69, 9.17) is 9.52 Å². The minimum atomic E-state index is -0.561. The van der Waals surface area contributed by atoms with Crippen molar-refractivity contribution in [2.75, 3.05) is 5.32 Å². The Bertz CT molecular complexity index is 824. The van der Waals surface area contributed by atoms with E-state index in [-0.39, 0.29) is 12.2 Å². The molecule has 0 fully saturated rings. The second kappa shape index (κ2) is 6.46. The highest BCUT2D eigenvalue weighted by molar-refractivity contribution is 6.04. The van der Waals surface area contributed by atoms with Gasteiger partial charge >= 0.3 is 0 Å². The largest absolute Gasteiger partial charge is 0.459 e. The van der Waals surface area contributed by atoms with E-state index in [1.165, 1.54) is 18.2 Å². The Morgan fingerprint density at radius 2 is 1.78 bits per heavy atom. The molecule has 0 bridgehead atoms. The lowest BCUT2D eigenvalue weighted by Gasteiger charge is -2.06. The number of hydrogen-bond acceptors (Lipinski definition) is 3. The van der Waals surface area contributed by atoms with E-state index in [2.05, 4.69) is 5.32 Å². The molecular formula is C18H14FNO3. The number of aliphatic hydroxyl groups excluding tert-OH is 1. The molecule has 23 heavy (non-hydrogen) atoms. The summed E-state index contributed by atoms with van der Waals surface area (Å²) < 4.78 is 19.0. The molecule has 1 heterocycles. The number of carbonyl (C=O) groups is 1. The van der Waals surface area contributed by atoms with Gasteiger partial charge in [0, 0.05) is 11.3 Å². The Kier molecular flexibility index (Phi) is 4.21. The van der Waals surface area contributed by atoms with Gasteiger partial charge in [-0.1, -0.05) is 12.1 Å². The van der Waals surface area contributed by atoms with Crippen LogP contribution in [0.4, 0.5) is 10.1 Å². The van der Waals surface area contributed by atoms with Gasteiger partial charge in [-0.15, -0.1) is 0 Å². The van der Waals surface area contributed by atoms with Crippen LogP contribution in [0.2, 0.25) is 0 Å². The Labute approximate surface area is 132 Å². The van der Waals surface area contributed by atoms with Crippen molar-refractivity contribution in [2.45, 2.75) is 6.61 Å². The monoisotopic (exact) mass is 311 g/mol. The molecule has 1 amide bonds. The van der Waals surface area contributed by atoms with Crippen LogP contribution in [0, 0.1) is 5.82 Å². The van der Waals surface area contributed by atoms with Crippen molar-refractivity contribution in [2.24, 2.45) is 0 Å². The van der Waals surface area contributed by atoms with Gasteiger partial charge < -0.3 is 14.8 Å². The van der Waals surface area contributed by atoms with Crippen molar-refractivity contribution in [3.63, 3.8) is 0 Å². The molecule has 2 aromatic carbocycles. The maximum Gasteiger partial charge on any atom is 0.258 e. The number of hydrogen-bond donors (Lipinski definition) is 2. The van der Waals surface area contributed by atoms with Gasteiger partial charge in [-0.2, -0.15) is 0 Å². The average Bonchev–Trinajstić information content (AvgIpc) is 3.05. The van der Waals surface area contributed by atoms with Gasteiger partial charge in [-0.05, 0) is 48.5 Å². The molecule has 0 aliphatic heterocycles. The molecule has 0 spiro atoms. The zero-order chi connectivity index (χ0) is 16.2. The van der Waals surface area contributed by atoms with Crippen LogP contribution in [-0.4, -0.2) is 11.0 Å². The lowest BCUT2D eigenvalue weighted by molar-refractivity contribution is 0.102. The van der Waals surface area contributed by atoms with Crippen LogP contribution in [0.1, 0.15) is 16.1 Å². The van der Waals surface area contributed by atoms with Crippen molar-refractivity contribution in [3.8, 4) is 11.3 Å². The third-order valence-electron chi connectivity index (χ3n) is 3.36. The normalized spacial score (nSPS) is 10.5. The standard InChI is InChI=1S/C18H14FNO3/c19-16-4-2-1-3-15(16)18(22)20-13-7-5-12(6-8-13)17-10-9-14(11-21)23-17/h1-10,21H,11H2,(H,20,22). The fourth-order valence-electron chi connectivity index (χ4n) is 2.18. The van der Waals surface area contributed by atoms with E-state index in [1.54, 1.807) is 42.5 Å². The Balaban J connectivity index is 1.75. The fraction of sp³-hybridized carbons (Fsp3) is 0.0556. The molecule has 0 saturated heterocycles. The number of benzene rings is 2. The maximum atomic E-state index is 13.6. The number of nitrogens with one attached hydrogen (secondary N) is 1. The SMILES string of the molecule is O=C(Nc1ccc(-c2ccc(CO)o2)cc1)c1ccccc1F. The molecule has 2 N–H and O–H groups in total. The number of rotatable bonds is 4. The molecule has 0 saturated carbocycles. The minimum Gasteiger partial charge on any atom is -0.459 e. The van der Waals surface area contributed by atoms with Gasteiger partial charge in [-0.3, -0.25) is 4.79 Å². The first kappa shape index (κ1) is 15.0. The molecule has 0 aliphatic carbocycles.